The predicted molar refractivity (Wildman–Crippen MR) is 110 cm³/mol. The van der Waals surface area contributed by atoms with Gasteiger partial charge in [-0.25, -0.2) is 17.5 Å². The molecule has 0 atom stereocenters. The van der Waals surface area contributed by atoms with Crippen LogP contribution in [0.15, 0.2) is 41.3 Å². The van der Waals surface area contributed by atoms with E-state index in [4.69, 9.17) is 9.47 Å². The zero-order chi connectivity index (χ0) is 21.9. The average molecular weight is 450 g/mol. The summed E-state index contributed by atoms with van der Waals surface area (Å²) in [4.78, 5) is 24.3. The number of esters is 1. The third-order valence-electron chi connectivity index (χ3n) is 4.05. The van der Waals surface area contributed by atoms with Crippen LogP contribution >= 0.6 is 11.7 Å². The summed E-state index contributed by atoms with van der Waals surface area (Å²) in [5, 5.41) is 2.61. The second kappa shape index (κ2) is 8.73. The first-order valence-electron chi connectivity index (χ1n) is 8.53. The van der Waals surface area contributed by atoms with Crippen LogP contribution in [-0.4, -0.2) is 61.2 Å². The van der Waals surface area contributed by atoms with Gasteiger partial charge in [0.15, 0.2) is 6.61 Å². The van der Waals surface area contributed by atoms with Crippen LogP contribution in [0, 0.1) is 0 Å². The van der Waals surface area contributed by atoms with Gasteiger partial charge in [-0.05, 0) is 30.3 Å². The summed E-state index contributed by atoms with van der Waals surface area (Å²) in [6.07, 6.45) is 0. The van der Waals surface area contributed by atoms with E-state index in [9.17, 15) is 18.0 Å². The van der Waals surface area contributed by atoms with Gasteiger partial charge < -0.3 is 14.8 Å². The summed E-state index contributed by atoms with van der Waals surface area (Å²) < 4.78 is 44.2. The van der Waals surface area contributed by atoms with Crippen molar-refractivity contribution in [3.05, 3.63) is 42.0 Å². The lowest BCUT2D eigenvalue weighted by Gasteiger charge is -2.15. The van der Waals surface area contributed by atoms with Crippen molar-refractivity contribution in [1.82, 2.24) is 13.1 Å². The molecule has 3 aromatic rings. The summed E-state index contributed by atoms with van der Waals surface area (Å²) in [7, 11) is 0.198. The van der Waals surface area contributed by atoms with E-state index in [0.29, 0.717) is 16.7 Å². The Bertz CT molecular complexity index is 1210. The molecular formula is C18H18N4O6S2. The Morgan fingerprint density at radius 3 is 2.63 bits per heavy atom. The van der Waals surface area contributed by atoms with E-state index in [0.717, 1.165) is 22.1 Å². The fourth-order valence-corrected chi connectivity index (χ4v) is 4.13. The molecule has 0 radical (unpaired) electrons. The smallest absolute Gasteiger partial charge is 0.338 e. The van der Waals surface area contributed by atoms with E-state index in [1.807, 2.05) is 0 Å². The van der Waals surface area contributed by atoms with Gasteiger partial charge in [0.2, 0.25) is 10.0 Å². The standard InChI is InChI=1S/C18H18N4O6S2/c1-22(2)30(25,26)15-9-11(7-8-14(15)27-3)18(24)28-10-16(23)19-12-5-4-6-13-17(12)21-29-20-13/h4-9H,10H2,1-3H3,(H,19,23). The number of nitrogens with one attached hydrogen (secondary N) is 1. The van der Waals surface area contributed by atoms with Gasteiger partial charge in [0.1, 0.15) is 21.7 Å². The molecule has 1 aromatic heterocycles. The van der Waals surface area contributed by atoms with Crippen molar-refractivity contribution >= 4 is 50.3 Å². The van der Waals surface area contributed by atoms with Crippen molar-refractivity contribution < 1.29 is 27.5 Å². The van der Waals surface area contributed by atoms with E-state index in [-0.39, 0.29) is 16.2 Å². The number of anilines is 1. The molecule has 1 heterocycles. The van der Waals surface area contributed by atoms with Gasteiger partial charge in [-0.3, -0.25) is 4.79 Å². The van der Waals surface area contributed by atoms with Crippen LogP contribution in [0.1, 0.15) is 10.4 Å². The molecule has 0 saturated heterocycles. The van der Waals surface area contributed by atoms with Crippen molar-refractivity contribution in [2.75, 3.05) is 33.1 Å². The highest BCUT2D eigenvalue weighted by Gasteiger charge is 2.24. The summed E-state index contributed by atoms with van der Waals surface area (Å²) in [5.41, 5.74) is 1.60. The van der Waals surface area contributed by atoms with Crippen LogP contribution in [0.25, 0.3) is 11.0 Å². The molecule has 0 aliphatic heterocycles. The van der Waals surface area contributed by atoms with Crippen molar-refractivity contribution in [1.29, 1.82) is 0 Å². The van der Waals surface area contributed by atoms with Gasteiger partial charge in [0.25, 0.3) is 5.91 Å². The molecule has 158 valence electrons. The maximum Gasteiger partial charge on any atom is 0.338 e. The average Bonchev–Trinajstić information content (AvgIpc) is 3.21. The maximum atomic E-state index is 12.5. The van der Waals surface area contributed by atoms with Gasteiger partial charge in [-0.15, -0.1) is 0 Å². The van der Waals surface area contributed by atoms with Crippen LogP contribution in [0.5, 0.6) is 5.75 Å². The molecule has 0 bridgehead atoms. The maximum absolute atomic E-state index is 12.5. The molecule has 1 N–H and O–H groups in total. The lowest BCUT2D eigenvalue weighted by Crippen LogP contribution is -2.24. The minimum absolute atomic E-state index is 0.0326. The summed E-state index contributed by atoms with van der Waals surface area (Å²) in [5.74, 6) is -1.34. The molecule has 10 nitrogen and oxygen atoms in total. The number of hydrogen-bond acceptors (Lipinski definition) is 9. The Hall–Kier alpha value is -3.09. The second-order valence-corrected chi connectivity index (χ2v) is 8.86. The number of fused-ring (bicyclic) bond motifs is 1. The van der Waals surface area contributed by atoms with Crippen LogP contribution in [0.4, 0.5) is 5.69 Å². The van der Waals surface area contributed by atoms with E-state index in [1.54, 1.807) is 18.2 Å². The molecule has 2 aromatic carbocycles. The minimum atomic E-state index is -3.85. The summed E-state index contributed by atoms with van der Waals surface area (Å²) in [6, 6.07) is 8.99. The molecule has 0 saturated carbocycles. The molecule has 0 aliphatic rings. The van der Waals surface area contributed by atoms with Crippen LogP contribution in [0.2, 0.25) is 0 Å². The molecular weight excluding hydrogens is 432 g/mol. The lowest BCUT2D eigenvalue weighted by molar-refractivity contribution is -0.119. The summed E-state index contributed by atoms with van der Waals surface area (Å²) >= 11 is 1.02. The van der Waals surface area contributed by atoms with Crippen molar-refractivity contribution in [2.24, 2.45) is 0 Å². The fourth-order valence-electron chi connectivity index (χ4n) is 2.51. The Kier molecular flexibility index (Phi) is 6.29. The van der Waals surface area contributed by atoms with Gasteiger partial charge in [-0.1, -0.05) is 6.07 Å². The first kappa shape index (κ1) is 21.6. The Morgan fingerprint density at radius 2 is 1.93 bits per heavy atom. The first-order chi connectivity index (χ1) is 14.2. The number of carbonyl (C=O) groups is 2. The number of methoxy groups -OCH3 is 1. The topological polar surface area (TPSA) is 128 Å². The van der Waals surface area contributed by atoms with Crippen LogP contribution in [-0.2, 0) is 19.6 Å². The quantitative estimate of drug-likeness (QED) is 0.539. The minimum Gasteiger partial charge on any atom is -0.495 e. The molecule has 0 aliphatic carbocycles. The number of amides is 1. The van der Waals surface area contributed by atoms with Gasteiger partial charge in [-0.2, -0.15) is 8.75 Å². The molecule has 30 heavy (non-hydrogen) atoms. The monoisotopic (exact) mass is 450 g/mol. The highest BCUT2D eigenvalue weighted by Crippen LogP contribution is 2.27. The highest BCUT2D eigenvalue weighted by molar-refractivity contribution is 7.89. The first-order valence-corrected chi connectivity index (χ1v) is 10.7. The number of aromatic nitrogens is 2. The fraction of sp³-hybridized carbons (Fsp3) is 0.222. The SMILES string of the molecule is COc1ccc(C(=O)OCC(=O)Nc2cccc3nsnc23)cc1S(=O)(=O)N(C)C. The van der Waals surface area contributed by atoms with Gasteiger partial charge in [0, 0.05) is 14.1 Å². The normalized spacial score (nSPS) is 11.5. The molecule has 0 unspecified atom stereocenters. The summed E-state index contributed by atoms with van der Waals surface area (Å²) in [6.45, 7) is -0.561. The molecule has 0 spiro atoms. The number of ether oxygens (including phenoxy) is 2. The highest BCUT2D eigenvalue weighted by atomic mass is 32.2. The zero-order valence-corrected chi connectivity index (χ0v) is 17.9. The largest absolute Gasteiger partial charge is 0.495 e. The number of sulfonamides is 1. The van der Waals surface area contributed by atoms with Crippen LogP contribution in [0.3, 0.4) is 0 Å². The lowest BCUT2D eigenvalue weighted by atomic mass is 10.2. The van der Waals surface area contributed by atoms with Gasteiger partial charge in [0.05, 0.1) is 30.1 Å². The third kappa shape index (κ3) is 4.40. The van der Waals surface area contributed by atoms with Crippen molar-refractivity contribution in [3.63, 3.8) is 0 Å². The zero-order valence-electron chi connectivity index (χ0n) is 16.3. The van der Waals surface area contributed by atoms with Crippen LogP contribution < -0.4 is 10.1 Å². The molecule has 12 heteroatoms. The molecule has 1 amide bonds. The predicted octanol–water partition coefficient (Wildman–Crippen LogP) is 1.75. The Balaban J connectivity index is 1.72. The Labute approximate surface area is 176 Å². The van der Waals surface area contributed by atoms with Gasteiger partial charge >= 0.3 is 5.97 Å². The number of benzene rings is 2. The van der Waals surface area contributed by atoms with Crippen molar-refractivity contribution in [2.45, 2.75) is 4.90 Å². The van der Waals surface area contributed by atoms with E-state index >= 15 is 0 Å². The third-order valence-corrected chi connectivity index (χ3v) is 6.43. The molecule has 3 rings (SSSR count). The van der Waals surface area contributed by atoms with Crippen molar-refractivity contribution in [3.8, 4) is 5.75 Å². The van der Waals surface area contributed by atoms with E-state index < -0.39 is 28.5 Å². The Morgan fingerprint density at radius 1 is 1.17 bits per heavy atom. The number of rotatable bonds is 7. The number of carbonyl (C=O) groups excluding carboxylic acids is 2. The van der Waals surface area contributed by atoms with E-state index in [1.165, 1.54) is 33.3 Å². The second-order valence-electron chi connectivity index (χ2n) is 6.21. The van der Waals surface area contributed by atoms with E-state index in [2.05, 4.69) is 14.1 Å². The number of nitrogens with zero attached hydrogens (tertiary/aromatic N) is 3. The number of hydrogen-bond donors (Lipinski definition) is 1. The molecule has 0 fully saturated rings.